The van der Waals surface area contributed by atoms with Gasteiger partial charge in [0.05, 0.1) is 11.2 Å². The molecule has 100 valence electrons. The van der Waals surface area contributed by atoms with E-state index in [9.17, 15) is 18.0 Å². The fourth-order valence-electron chi connectivity index (χ4n) is 3.56. The Labute approximate surface area is 105 Å². The van der Waals surface area contributed by atoms with Crippen molar-refractivity contribution in [3.05, 3.63) is 0 Å². The molecule has 1 aliphatic heterocycles. The van der Waals surface area contributed by atoms with E-state index < -0.39 is 32.4 Å². The molecule has 2 bridgehead atoms. The summed E-state index contributed by atoms with van der Waals surface area (Å²) in [6, 6.07) is 0. The fraction of sp³-hybridized carbons (Fsp3) is 0.818. The van der Waals surface area contributed by atoms with Crippen LogP contribution in [0, 0.1) is 16.7 Å². The third-order valence-corrected chi connectivity index (χ3v) is 6.60. The van der Waals surface area contributed by atoms with Gasteiger partial charge in [0.1, 0.15) is 0 Å². The number of sulfonamides is 1. The number of ketones is 2. The summed E-state index contributed by atoms with van der Waals surface area (Å²) in [7, 11) is -3.60. The summed E-state index contributed by atoms with van der Waals surface area (Å²) in [6.45, 7) is 3.70. The zero-order valence-electron chi connectivity index (χ0n) is 10.3. The highest BCUT2D eigenvalue weighted by molar-refractivity contribution is 7.89. The molecule has 0 aromatic rings. The monoisotopic (exact) mass is 273 g/mol. The van der Waals surface area contributed by atoms with Gasteiger partial charge in [-0.15, -0.1) is 0 Å². The quantitative estimate of drug-likeness (QED) is 0.537. The molecule has 2 saturated carbocycles. The number of hydrogen-bond acceptors (Lipinski definition) is 5. The Bertz CT molecular complexity index is 548. The van der Waals surface area contributed by atoms with Gasteiger partial charge in [-0.3, -0.25) is 14.4 Å². The summed E-state index contributed by atoms with van der Waals surface area (Å²) >= 11 is 0. The lowest BCUT2D eigenvalue weighted by atomic mass is 9.70. The first-order valence-corrected chi connectivity index (χ1v) is 7.55. The van der Waals surface area contributed by atoms with E-state index >= 15 is 0 Å². The van der Waals surface area contributed by atoms with Crippen molar-refractivity contribution in [3.8, 4) is 0 Å². The topological polar surface area (TPSA) is 83.8 Å². The van der Waals surface area contributed by atoms with Gasteiger partial charge in [-0.05, 0) is 18.3 Å². The summed E-state index contributed by atoms with van der Waals surface area (Å²) in [5.74, 6) is -1.54. The van der Waals surface area contributed by atoms with Gasteiger partial charge in [0, 0.05) is 5.92 Å². The first kappa shape index (κ1) is 12.3. The van der Waals surface area contributed by atoms with Crippen LogP contribution in [0.15, 0.2) is 0 Å². The van der Waals surface area contributed by atoms with E-state index in [0.717, 1.165) is 4.47 Å². The SMILES string of the molecule is CC1(C)C2CCC1(CS(=O)(=O)N1CO1)C(=O)C2=O. The second kappa shape index (κ2) is 3.20. The van der Waals surface area contributed by atoms with E-state index in [0.29, 0.717) is 12.8 Å². The molecule has 0 spiro atoms. The van der Waals surface area contributed by atoms with Gasteiger partial charge >= 0.3 is 0 Å². The van der Waals surface area contributed by atoms with Gasteiger partial charge in [0.15, 0.2) is 6.73 Å². The van der Waals surface area contributed by atoms with Crippen LogP contribution in [-0.2, 0) is 24.4 Å². The molecule has 3 aliphatic rings. The highest BCUT2D eigenvalue weighted by Gasteiger charge is 2.70. The lowest BCUT2D eigenvalue weighted by Gasteiger charge is -2.34. The maximum atomic E-state index is 12.2. The lowest BCUT2D eigenvalue weighted by Crippen LogP contribution is -2.44. The number of nitrogens with zero attached hydrogens (tertiary/aromatic N) is 1. The van der Waals surface area contributed by atoms with Crippen molar-refractivity contribution in [1.82, 2.24) is 4.47 Å². The lowest BCUT2D eigenvalue weighted by molar-refractivity contribution is -0.141. The molecule has 0 aromatic carbocycles. The van der Waals surface area contributed by atoms with Gasteiger partial charge < -0.3 is 0 Å². The average molecular weight is 273 g/mol. The van der Waals surface area contributed by atoms with Crippen LogP contribution in [0.4, 0.5) is 0 Å². The van der Waals surface area contributed by atoms with E-state index in [1.165, 1.54) is 0 Å². The fourth-order valence-corrected chi connectivity index (χ4v) is 5.34. The number of hydrogen-bond donors (Lipinski definition) is 0. The van der Waals surface area contributed by atoms with Crippen molar-refractivity contribution in [1.29, 1.82) is 0 Å². The summed E-state index contributed by atoms with van der Waals surface area (Å²) in [5.41, 5.74) is -1.64. The standard InChI is InChI=1S/C11H15NO5S/c1-10(2)7-3-4-11(10,9(14)8(7)13)5-18(15,16)12-6-17-12/h7H,3-6H2,1-2H3. The molecule has 0 N–H and O–H groups in total. The van der Waals surface area contributed by atoms with E-state index in [2.05, 4.69) is 4.84 Å². The molecule has 1 heterocycles. The molecular formula is C11H15NO5S. The van der Waals surface area contributed by atoms with Crippen LogP contribution in [-0.4, -0.2) is 36.9 Å². The first-order valence-electron chi connectivity index (χ1n) is 5.94. The highest BCUT2D eigenvalue weighted by atomic mass is 32.2. The van der Waals surface area contributed by atoms with E-state index in [4.69, 9.17) is 0 Å². The van der Waals surface area contributed by atoms with Crippen LogP contribution in [0.3, 0.4) is 0 Å². The van der Waals surface area contributed by atoms with E-state index in [1.807, 2.05) is 13.8 Å². The number of rotatable bonds is 3. The third-order valence-electron chi connectivity index (χ3n) is 4.91. The predicted molar refractivity (Wildman–Crippen MR) is 60.5 cm³/mol. The zero-order chi connectivity index (χ0) is 13.3. The first-order chi connectivity index (χ1) is 8.22. The highest BCUT2D eigenvalue weighted by Crippen LogP contribution is 2.63. The van der Waals surface area contributed by atoms with Gasteiger partial charge in [-0.25, -0.2) is 8.42 Å². The number of carbonyl (C=O) groups excluding carboxylic acids is 2. The smallest absolute Gasteiger partial charge is 0.239 e. The van der Waals surface area contributed by atoms with E-state index in [1.54, 1.807) is 0 Å². The second-order valence-electron chi connectivity index (χ2n) is 5.91. The molecule has 3 unspecified atom stereocenters. The van der Waals surface area contributed by atoms with E-state index in [-0.39, 0.29) is 18.4 Å². The van der Waals surface area contributed by atoms with Crippen molar-refractivity contribution in [3.63, 3.8) is 0 Å². The van der Waals surface area contributed by atoms with Gasteiger partial charge in [0.2, 0.25) is 21.6 Å². The Hall–Kier alpha value is -0.790. The minimum atomic E-state index is -3.60. The maximum absolute atomic E-state index is 12.2. The molecule has 0 aromatic heterocycles. The van der Waals surface area contributed by atoms with Crippen molar-refractivity contribution >= 4 is 21.6 Å². The van der Waals surface area contributed by atoms with Gasteiger partial charge in [-0.2, -0.15) is 0 Å². The molecule has 6 nitrogen and oxygen atoms in total. The summed E-state index contributed by atoms with van der Waals surface area (Å²) in [4.78, 5) is 28.7. The van der Waals surface area contributed by atoms with Crippen LogP contribution in [0.25, 0.3) is 0 Å². The second-order valence-corrected chi connectivity index (χ2v) is 7.77. The number of carbonyl (C=O) groups is 2. The Morgan fingerprint density at radius 3 is 2.44 bits per heavy atom. The Morgan fingerprint density at radius 1 is 1.39 bits per heavy atom. The zero-order valence-corrected chi connectivity index (χ0v) is 11.1. The average Bonchev–Trinajstić information content (AvgIpc) is 3.03. The van der Waals surface area contributed by atoms with Gasteiger partial charge in [-0.1, -0.05) is 18.3 Å². The molecule has 3 rings (SSSR count). The summed E-state index contributed by atoms with van der Waals surface area (Å²) < 4.78 is 24.9. The third kappa shape index (κ3) is 1.27. The molecule has 18 heavy (non-hydrogen) atoms. The Balaban J connectivity index is 2.03. The van der Waals surface area contributed by atoms with Crippen molar-refractivity contribution in [2.24, 2.45) is 16.7 Å². The van der Waals surface area contributed by atoms with Crippen LogP contribution in [0.1, 0.15) is 26.7 Å². The van der Waals surface area contributed by atoms with Crippen LogP contribution in [0.5, 0.6) is 0 Å². The van der Waals surface area contributed by atoms with Crippen molar-refractivity contribution in [2.45, 2.75) is 26.7 Å². The van der Waals surface area contributed by atoms with Crippen molar-refractivity contribution < 1.29 is 22.8 Å². The Morgan fingerprint density at radius 2 is 2.00 bits per heavy atom. The van der Waals surface area contributed by atoms with Crippen molar-refractivity contribution in [2.75, 3.05) is 12.5 Å². The maximum Gasteiger partial charge on any atom is 0.239 e. The molecule has 0 radical (unpaired) electrons. The molecule has 3 atom stereocenters. The van der Waals surface area contributed by atoms with Crippen LogP contribution >= 0.6 is 0 Å². The predicted octanol–water partition coefficient (Wildman–Crippen LogP) is 0.0953. The number of fused-ring (bicyclic) bond motifs is 2. The molecule has 2 aliphatic carbocycles. The molecular weight excluding hydrogens is 258 g/mol. The molecule has 7 heteroatoms. The number of Topliss-reactive ketones (excluding diaryl/α,β-unsaturated/α-hetero) is 2. The number of hydroxylamine groups is 1. The minimum absolute atomic E-state index is 0.0460. The van der Waals surface area contributed by atoms with Crippen LogP contribution < -0.4 is 0 Å². The van der Waals surface area contributed by atoms with Crippen LogP contribution in [0.2, 0.25) is 0 Å². The summed E-state index contributed by atoms with van der Waals surface area (Å²) in [6.07, 6.45) is 1.08. The molecule has 0 amide bonds. The molecule has 3 fully saturated rings. The largest absolute Gasteiger partial charge is 0.291 e. The summed E-state index contributed by atoms with van der Waals surface area (Å²) in [5, 5.41) is 0. The van der Waals surface area contributed by atoms with Gasteiger partial charge in [0.25, 0.3) is 0 Å². The normalized spacial score (nSPS) is 41.4. The minimum Gasteiger partial charge on any atom is -0.291 e. The molecule has 1 saturated heterocycles. The Kier molecular flexibility index (Phi) is 2.18.